The van der Waals surface area contributed by atoms with Gasteiger partial charge in [-0.15, -0.1) is 0 Å². The average Bonchev–Trinajstić information content (AvgIpc) is 2.71. The van der Waals surface area contributed by atoms with E-state index in [4.69, 9.17) is 11.6 Å². The minimum absolute atomic E-state index is 0.0276. The Hall–Kier alpha value is -2.60. The quantitative estimate of drug-likeness (QED) is 0.828. The van der Waals surface area contributed by atoms with Crippen LogP contribution in [0.15, 0.2) is 48.8 Å². The zero-order valence-electron chi connectivity index (χ0n) is 15.1. The molecule has 2 amide bonds. The Morgan fingerprint density at radius 1 is 1.04 bits per heavy atom. The maximum atomic E-state index is 12.4. The zero-order chi connectivity index (χ0) is 19.1. The van der Waals surface area contributed by atoms with Crippen molar-refractivity contribution in [3.05, 3.63) is 59.4 Å². The Morgan fingerprint density at radius 2 is 1.78 bits per heavy atom. The van der Waals surface area contributed by atoms with Gasteiger partial charge in [-0.25, -0.2) is 0 Å². The van der Waals surface area contributed by atoms with Crippen LogP contribution >= 0.6 is 11.6 Å². The number of benzene rings is 1. The van der Waals surface area contributed by atoms with Crippen molar-refractivity contribution in [2.45, 2.75) is 19.4 Å². The number of hydrogen-bond donors (Lipinski definition) is 1. The van der Waals surface area contributed by atoms with Gasteiger partial charge in [-0.1, -0.05) is 17.7 Å². The third-order valence-electron chi connectivity index (χ3n) is 4.61. The van der Waals surface area contributed by atoms with Crippen molar-refractivity contribution < 1.29 is 9.59 Å². The maximum absolute atomic E-state index is 12.4. The molecule has 1 aliphatic rings. The van der Waals surface area contributed by atoms with E-state index >= 15 is 0 Å². The summed E-state index contributed by atoms with van der Waals surface area (Å²) in [5.74, 6) is -0.0856. The molecule has 6 nitrogen and oxygen atoms in total. The molecule has 27 heavy (non-hydrogen) atoms. The van der Waals surface area contributed by atoms with Gasteiger partial charge in [-0.2, -0.15) is 0 Å². The number of piperazine rings is 1. The Bertz CT molecular complexity index is 777. The third kappa shape index (κ3) is 5.69. The van der Waals surface area contributed by atoms with Crippen LogP contribution in [0.1, 0.15) is 18.4 Å². The van der Waals surface area contributed by atoms with E-state index in [0.29, 0.717) is 24.7 Å². The molecule has 0 saturated carbocycles. The van der Waals surface area contributed by atoms with Crippen LogP contribution in [0.3, 0.4) is 0 Å². The molecule has 1 aromatic heterocycles. The van der Waals surface area contributed by atoms with Crippen LogP contribution in [0, 0.1) is 0 Å². The minimum atomic E-state index is -0.113. The largest absolute Gasteiger partial charge is 0.368 e. The lowest BCUT2D eigenvalue weighted by atomic mass is 10.2. The molecular weight excluding hydrogens is 364 g/mol. The second-order valence-corrected chi connectivity index (χ2v) is 6.92. The van der Waals surface area contributed by atoms with Gasteiger partial charge in [0.05, 0.1) is 0 Å². The molecule has 1 aliphatic heterocycles. The summed E-state index contributed by atoms with van der Waals surface area (Å²) in [6.45, 7) is 3.29. The molecule has 1 saturated heterocycles. The van der Waals surface area contributed by atoms with Gasteiger partial charge in [0.2, 0.25) is 11.8 Å². The normalized spacial score (nSPS) is 14.1. The highest BCUT2D eigenvalue weighted by molar-refractivity contribution is 6.30. The van der Waals surface area contributed by atoms with Crippen LogP contribution in [0.4, 0.5) is 5.69 Å². The van der Waals surface area contributed by atoms with Crippen LogP contribution in [-0.4, -0.2) is 47.9 Å². The molecule has 1 N–H and O–H groups in total. The zero-order valence-corrected chi connectivity index (χ0v) is 15.9. The van der Waals surface area contributed by atoms with Gasteiger partial charge in [-0.05, 0) is 35.9 Å². The van der Waals surface area contributed by atoms with E-state index in [2.05, 4.69) is 15.2 Å². The molecule has 1 fully saturated rings. The van der Waals surface area contributed by atoms with Gasteiger partial charge in [0, 0.05) is 68.7 Å². The van der Waals surface area contributed by atoms with Gasteiger partial charge < -0.3 is 15.1 Å². The summed E-state index contributed by atoms with van der Waals surface area (Å²) in [4.78, 5) is 32.3. The molecule has 0 spiro atoms. The second kappa shape index (κ2) is 9.37. The molecule has 2 aromatic rings. The first-order valence-corrected chi connectivity index (χ1v) is 9.43. The first kappa shape index (κ1) is 19.2. The van der Waals surface area contributed by atoms with Gasteiger partial charge in [0.15, 0.2) is 0 Å². The predicted molar refractivity (Wildman–Crippen MR) is 106 cm³/mol. The Balaban J connectivity index is 1.38. The van der Waals surface area contributed by atoms with Crippen molar-refractivity contribution in [3.8, 4) is 0 Å². The lowest BCUT2D eigenvalue weighted by Gasteiger charge is -2.36. The van der Waals surface area contributed by atoms with E-state index in [1.165, 1.54) is 0 Å². The molecule has 0 atom stereocenters. The van der Waals surface area contributed by atoms with Crippen molar-refractivity contribution in [2.75, 3.05) is 31.1 Å². The molecule has 3 rings (SSSR count). The highest BCUT2D eigenvalue weighted by atomic mass is 35.5. The average molecular weight is 387 g/mol. The van der Waals surface area contributed by atoms with E-state index in [1.54, 1.807) is 12.4 Å². The summed E-state index contributed by atoms with van der Waals surface area (Å²) in [7, 11) is 0. The highest BCUT2D eigenvalue weighted by Crippen LogP contribution is 2.21. The lowest BCUT2D eigenvalue weighted by molar-refractivity contribution is -0.133. The molecular formula is C20H23ClN4O2. The molecule has 1 aromatic carbocycles. The summed E-state index contributed by atoms with van der Waals surface area (Å²) in [5, 5.41) is 3.54. The SMILES string of the molecule is O=C(CCC(=O)N1CCN(c2cccc(Cl)c2)CC1)NCc1ccncc1. The van der Waals surface area contributed by atoms with Crippen molar-refractivity contribution in [3.63, 3.8) is 0 Å². The number of carbonyl (C=O) groups is 2. The van der Waals surface area contributed by atoms with Crippen LogP contribution in [0.5, 0.6) is 0 Å². The van der Waals surface area contributed by atoms with E-state index in [1.807, 2.05) is 41.3 Å². The number of halogens is 1. The molecule has 0 bridgehead atoms. The summed E-state index contributed by atoms with van der Waals surface area (Å²) in [5.41, 5.74) is 2.06. The topological polar surface area (TPSA) is 65.5 Å². The fraction of sp³-hybridized carbons (Fsp3) is 0.350. The van der Waals surface area contributed by atoms with Gasteiger partial charge in [0.1, 0.15) is 0 Å². The number of pyridine rings is 1. The molecule has 0 radical (unpaired) electrons. The standard InChI is InChI=1S/C20H23ClN4O2/c21-17-2-1-3-18(14-17)24-10-12-25(13-11-24)20(27)5-4-19(26)23-15-16-6-8-22-9-7-16/h1-3,6-9,14H,4-5,10-13,15H2,(H,23,26). The van der Waals surface area contributed by atoms with Crippen LogP contribution in [-0.2, 0) is 16.1 Å². The summed E-state index contributed by atoms with van der Waals surface area (Å²) in [6.07, 6.45) is 3.82. The lowest BCUT2D eigenvalue weighted by Crippen LogP contribution is -2.49. The first-order valence-electron chi connectivity index (χ1n) is 9.06. The number of nitrogens with one attached hydrogen (secondary N) is 1. The van der Waals surface area contributed by atoms with Gasteiger partial charge >= 0.3 is 0 Å². The predicted octanol–water partition coefficient (Wildman–Crippen LogP) is 2.48. The molecule has 7 heteroatoms. The van der Waals surface area contributed by atoms with E-state index in [9.17, 15) is 9.59 Å². The summed E-state index contributed by atoms with van der Waals surface area (Å²) in [6, 6.07) is 11.4. The monoisotopic (exact) mass is 386 g/mol. The number of rotatable bonds is 6. The Kier molecular flexibility index (Phi) is 6.65. The second-order valence-electron chi connectivity index (χ2n) is 6.48. The number of anilines is 1. The van der Waals surface area contributed by atoms with E-state index < -0.39 is 0 Å². The van der Waals surface area contributed by atoms with Crippen molar-refractivity contribution in [1.29, 1.82) is 0 Å². The minimum Gasteiger partial charge on any atom is -0.368 e. The fourth-order valence-corrected chi connectivity index (χ4v) is 3.24. The molecule has 0 unspecified atom stereocenters. The molecule has 2 heterocycles. The number of amides is 2. The number of aromatic nitrogens is 1. The van der Waals surface area contributed by atoms with E-state index in [-0.39, 0.29) is 24.7 Å². The van der Waals surface area contributed by atoms with Gasteiger partial charge in [-0.3, -0.25) is 14.6 Å². The Labute approximate surface area is 164 Å². The smallest absolute Gasteiger partial charge is 0.223 e. The van der Waals surface area contributed by atoms with Crippen molar-refractivity contribution in [1.82, 2.24) is 15.2 Å². The number of carbonyl (C=O) groups excluding carboxylic acids is 2. The first-order chi connectivity index (χ1) is 13.1. The van der Waals surface area contributed by atoms with Crippen LogP contribution < -0.4 is 10.2 Å². The number of hydrogen-bond acceptors (Lipinski definition) is 4. The van der Waals surface area contributed by atoms with E-state index in [0.717, 1.165) is 24.3 Å². The third-order valence-corrected chi connectivity index (χ3v) is 4.85. The summed E-state index contributed by atoms with van der Waals surface area (Å²) >= 11 is 6.05. The van der Waals surface area contributed by atoms with Crippen molar-refractivity contribution >= 4 is 29.1 Å². The van der Waals surface area contributed by atoms with Crippen molar-refractivity contribution in [2.24, 2.45) is 0 Å². The summed E-state index contributed by atoms with van der Waals surface area (Å²) < 4.78 is 0. The highest BCUT2D eigenvalue weighted by Gasteiger charge is 2.21. The van der Waals surface area contributed by atoms with Crippen LogP contribution in [0.2, 0.25) is 5.02 Å². The fourth-order valence-electron chi connectivity index (χ4n) is 3.06. The van der Waals surface area contributed by atoms with Gasteiger partial charge in [0.25, 0.3) is 0 Å². The Morgan fingerprint density at radius 3 is 2.48 bits per heavy atom. The number of nitrogens with zero attached hydrogens (tertiary/aromatic N) is 3. The molecule has 142 valence electrons. The maximum Gasteiger partial charge on any atom is 0.223 e. The molecule has 0 aliphatic carbocycles. The van der Waals surface area contributed by atoms with Crippen LogP contribution in [0.25, 0.3) is 0 Å².